The summed E-state index contributed by atoms with van der Waals surface area (Å²) in [5, 5.41) is 0. The molecule has 78 valence electrons. The van der Waals surface area contributed by atoms with Crippen LogP contribution in [0.15, 0.2) is 16.6 Å². The molecule has 1 nitrogen and oxygen atoms in total. The molecule has 0 aliphatic rings. The molecule has 0 spiro atoms. The van der Waals surface area contributed by atoms with E-state index in [4.69, 9.17) is 17.3 Å². The lowest BCUT2D eigenvalue weighted by atomic mass is 10.1. The van der Waals surface area contributed by atoms with Crippen LogP contribution in [0.25, 0.3) is 0 Å². The van der Waals surface area contributed by atoms with E-state index in [0.29, 0.717) is 0 Å². The molecule has 0 amide bonds. The summed E-state index contributed by atoms with van der Waals surface area (Å²) in [4.78, 5) is 0. The van der Waals surface area contributed by atoms with Crippen molar-refractivity contribution >= 4 is 33.2 Å². The molecule has 2 N–H and O–H groups in total. The average Bonchev–Trinajstić information content (AvgIpc) is 2.07. The second-order valence-electron chi connectivity index (χ2n) is 2.63. The van der Waals surface area contributed by atoms with E-state index in [1.807, 2.05) is 0 Å². The van der Waals surface area contributed by atoms with Crippen molar-refractivity contribution in [3.63, 3.8) is 0 Å². The Morgan fingerprint density at radius 3 is 2.36 bits per heavy atom. The maximum absolute atomic E-state index is 12.5. The standard InChI is InChI=1S/C8H6BrClF3N/c9-7-5(14)2-1-4(3-10)6(7)8(11,12)13/h1-2H,3,14H2. The topological polar surface area (TPSA) is 26.0 Å². The quantitative estimate of drug-likeness (QED) is 0.617. The van der Waals surface area contributed by atoms with Crippen LogP contribution in [0, 0.1) is 0 Å². The minimum atomic E-state index is -4.45. The molecule has 0 aliphatic heterocycles. The van der Waals surface area contributed by atoms with Gasteiger partial charge in [0.15, 0.2) is 0 Å². The van der Waals surface area contributed by atoms with Gasteiger partial charge in [-0.2, -0.15) is 13.2 Å². The molecule has 1 aromatic rings. The van der Waals surface area contributed by atoms with Crippen LogP contribution in [-0.2, 0) is 12.1 Å². The third kappa shape index (κ3) is 2.15. The van der Waals surface area contributed by atoms with E-state index in [9.17, 15) is 13.2 Å². The first-order valence-corrected chi connectivity index (χ1v) is 4.90. The molecule has 0 saturated carbocycles. The monoisotopic (exact) mass is 287 g/mol. The van der Waals surface area contributed by atoms with Gasteiger partial charge in [0.1, 0.15) is 0 Å². The summed E-state index contributed by atoms with van der Waals surface area (Å²) in [7, 11) is 0. The van der Waals surface area contributed by atoms with Crippen LogP contribution in [0.1, 0.15) is 11.1 Å². The summed E-state index contributed by atoms with van der Waals surface area (Å²) in [5.74, 6) is -0.201. The van der Waals surface area contributed by atoms with Crippen LogP contribution in [0.3, 0.4) is 0 Å². The largest absolute Gasteiger partial charge is 0.417 e. The van der Waals surface area contributed by atoms with Gasteiger partial charge in [0.05, 0.1) is 10.0 Å². The summed E-state index contributed by atoms with van der Waals surface area (Å²) in [5.41, 5.74) is 4.61. The molecule has 0 aromatic heterocycles. The summed E-state index contributed by atoms with van der Waals surface area (Å²) >= 11 is 8.20. The SMILES string of the molecule is Nc1ccc(CCl)c(C(F)(F)F)c1Br. The number of benzene rings is 1. The molecule has 0 bridgehead atoms. The molecule has 0 aliphatic carbocycles. The highest BCUT2D eigenvalue weighted by atomic mass is 79.9. The first-order valence-electron chi connectivity index (χ1n) is 3.58. The van der Waals surface area contributed by atoms with Gasteiger partial charge in [-0.15, -0.1) is 11.6 Å². The molecule has 0 heterocycles. The fraction of sp³-hybridized carbons (Fsp3) is 0.250. The number of anilines is 1. The van der Waals surface area contributed by atoms with Gasteiger partial charge in [0.2, 0.25) is 0 Å². The zero-order valence-electron chi connectivity index (χ0n) is 6.83. The van der Waals surface area contributed by atoms with Crippen LogP contribution >= 0.6 is 27.5 Å². The molecular formula is C8H6BrClF3N. The lowest BCUT2D eigenvalue weighted by Gasteiger charge is -2.14. The van der Waals surface area contributed by atoms with Crippen molar-refractivity contribution in [3.05, 3.63) is 27.7 Å². The second kappa shape index (κ2) is 3.98. The smallest absolute Gasteiger partial charge is 0.398 e. The maximum Gasteiger partial charge on any atom is 0.417 e. The van der Waals surface area contributed by atoms with Crippen molar-refractivity contribution in [2.75, 3.05) is 5.73 Å². The van der Waals surface area contributed by atoms with Gasteiger partial charge >= 0.3 is 6.18 Å². The van der Waals surface area contributed by atoms with Crippen LogP contribution in [0.5, 0.6) is 0 Å². The molecule has 14 heavy (non-hydrogen) atoms. The Kier molecular flexibility index (Phi) is 3.32. The molecule has 1 aromatic carbocycles. The summed E-state index contributed by atoms with van der Waals surface area (Å²) in [6.45, 7) is 0. The molecule has 0 radical (unpaired) electrons. The molecule has 0 atom stereocenters. The number of hydrogen-bond donors (Lipinski definition) is 1. The van der Waals surface area contributed by atoms with Crippen molar-refractivity contribution in [2.24, 2.45) is 0 Å². The number of halogens is 5. The van der Waals surface area contributed by atoms with E-state index in [2.05, 4.69) is 15.9 Å². The first kappa shape index (κ1) is 11.7. The van der Waals surface area contributed by atoms with Gasteiger partial charge in [-0.05, 0) is 27.6 Å². The molecule has 1 rings (SSSR count). The van der Waals surface area contributed by atoms with Crippen molar-refractivity contribution in [3.8, 4) is 0 Å². The van der Waals surface area contributed by atoms with E-state index in [0.717, 1.165) is 0 Å². The van der Waals surface area contributed by atoms with Crippen molar-refractivity contribution in [1.29, 1.82) is 0 Å². The van der Waals surface area contributed by atoms with Crippen LogP contribution in [-0.4, -0.2) is 0 Å². The van der Waals surface area contributed by atoms with E-state index < -0.39 is 11.7 Å². The third-order valence-electron chi connectivity index (χ3n) is 1.69. The van der Waals surface area contributed by atoms with Crippen LogP contribution in [0.2, 0.25) is 0 Å². The average molecular weight is 288 g/mol. The van der Waals surface area contributed by atoms with E-state index >= 15 is 0 Å². The lowest BCUT2D eigenvalue weighted by molar-refractivity contribution is -0.138. The van der Waals surface area contributed by atoms with Crippen LogP contribution < -0.4 is 5.73 Å². The summed E-state index contributed by atoms with van der Waals surface area (Å²) in [6, 6.07) is 2.66. The minimum Gasteiger partial charge on any atom is -0.398 e. The Balaban J connectivity index is 3.44. The lowest BCUT2D eigenvalue weighted by Crippen LogP contribution is -2.11. The van der Waals surface area contributed by atoms with Crippen molar-refractivity contribution < 1.29 is 13.2 Å². The highest BCUT2D eigenvalue weighted by molar-refractivity contribution is 9.10. The Morgan fingerprint density at radius 2 is 1.93 bits per heavy atom. The predicted octanol–water partition coefficient (Wildman–Crippen LogP) is 3.79. The Bertz CT molecular complexity index is 351. The normalized spacial score (nSPS) is 11.8. The van der Waals surface area contributed by atoms with Gasteiger partial charge in [0.25, 0.3) is 0 Å². The van der Waals surface area contributed by atoms with Gasteiger partial charge < -0.3 is 5.73 Å². The van der Waals surface area contributed by atoms with Crippen LogP contribution in [0.4, 0.5) is 18.9 Å². The number of nitrogen functional groups attached to an aromatic ring is 1. The van der Waals surface area contributed by atoms with Gasteiger partial charge in [-0.3, -0.25) is 0 Å². The number of rotatable bonds is 1. The Labute approximate surface area is 92.2 Å². The Morgan fingerprint density at radius 1 is 1.36 bits per heavy atom. The molecule has 0 unspecified atom stereocenters. The van der Waals surface area contributed by atoms with Gasteiger partial charge in [-0.1, -0.05) is 6.07 Å². The van der Waals surface area contributed by atoms with E-state index in [1.165, 1.54) is 12.1 Å². The zero-order chi connectivity index (χ0) is 10.9. The summed E-state index contributed by atoms with van der Waals surface area (Å²) < 4.78 is 37.4. The van der Waals surface area contributed by atoms with Gasteiger partial charge in [-0.25, -0.2) is 0 Å². The molecule has 6 heteroatoms. The molecular weight excluding hydrogens is 282 g/mol. The zero-order valence-corrected chi connectivity index (χ0v) is 9.17. The van der Waals surface area contributed by atoms with Gasteiger partial charge in [0, 0.05) is 11.6 Å². The predicted molar refractivity (Wildman–Crippen MR) is 53.1 cm³/mol. The number of alkyl halides is 4. The third-order valence-corrected chi connectivity index (χ3v) is 2.83. The fourth-order valence-corrected chi connectivity index (χ4v) is 1.88. The maximum atomic E-state index is 12.5. The second-order valence-corrected chi connectivity index (χ2v) is 3.69. The van der Waals surface area contributed by atoms with E-state index in [1.54, 1.807) is 0 Å². The minimum absolute atomic E-state index is 0.0141. The first-order chi connectivity index (χ1) is 6.38. The molecule has 0 fully saturated rings. The number of nitrogens with two attached hydrogens (primary N) is 1. The Hall–Kier alpha value is -0.420. The highest BCUT2D eigenvalue weighted by Gasteiger charge is 2.36. The fourth-order valence-electron chi connectivity index (χ4n) is 1.05. The summed E-state index contributed by atoms with van der Waals surface area (Å²) in [6.07, 6.45) is -4.45. The van der Waals surface area contributed by atoms with E-state index in [-0.39, 0.29) is 21.6 Å². The van der Waals surface area contributed by atoms with Crippen molar-refractivity contribution in [2.45, 2.75) is 12.1 Å². The molecule has 0 saturated heterocycles. The highest BCUT2D eigenvalue weighted by Crippen LogP contribution is 2.40. The van der Waals surface area contributed by atoms with Crippen molar-refractivity contribution in [1.82, 2.24) is 0 Å². The number of hydrogen-bond acceptors (Lipinski definition) is 1.